The number of aromatic nitrogens is 2. The van der Waals surface area contributed by atoms with Crippen LogP contribution in [0.4, 0.5) is 5.82 Å². The minimum Gasteiger partial charge on any atom is -0.465 e. The molecule has 0 bridgehead atoms. The minimum absolute atomic E-state index is 0.331. The van der Waals surface area contributed by atoms with E-state index in [0.29, 0.717) is 25.3 Å². The van der Waals surface area contributed by atoms with Gasteiger partial charge in [0.1, 0.15) is 12.1 Å². The second-order valence-electron chi connectivity index (χ2n) is 5.38. The molecule has 2 heterocycles. The molecule has 1 saturated heterocycles. The summed E-state index contributed by atoms with van der Waals surface area (Å²) in [6.07, 6.45) is 3.28. The monoisotopic (exact) mass is 328 g/mol. The lowest BCUT2D eigenvalue weighted by Crippen LogP contribution is -2.49. The molecule has 2 aromatic rings. The van der Waals surface area contributed by atoms with Crippen molar-refractivity contribution < 1.29 is 14.3 Å². The van der Waals surface area contributed by atoms with Crippen molar-refractivity contribution in [2.45, 2.75) is 6.54 Å². The highest BCUT2D eigenvalue weighted by Gasteiger charge is 2.20. The van der Waals surface area contributed by atoms with Crippen LogP contribution >= 0.6 is 0 Å². The summed E-state index contributed by atoms with van der Waals surface area (Å²) in [5.74, 6) is 0.506. The van der Waals surface area contributed by atoms with Crippen molar-refractivity contribution in [3.05, 3.63) is 54.0 Å². The minimum atomic E-state index is -0.331. The molecule has 0 atom stereocenters. The van der Waals surface area contributed by atoms with E-state index in [2.05, 4.69) is 20.0 Å². The first-order valence-electron chi connectivity index (χ1n) is 7.81. The van der Waals surface area contributed by atoms with Gasteiger partial charge in [-0.25, -0.2) is 19.8 Å². The first-order valence-corrected chi connectivity index (χ1v) is 7.81. The third kappa shape index (κ3) is 3.87. The van der Waals surface area contributed by atoms with E-state index in [4.69, 9.17) is 9.47 Å². The molecule has 7 nitrogen and oxygen atoms in total. The van der Waals surface area contributed by atoms with Crippen molar-refractivity contribution in [3.63, 3.8) is 0 Å². The fourth-order valence-corrected chi connectivity index (χ4v) is 2.59. The summed E-state index contributed by atoms with van der Waals surface area (Å²) in [4.78, 5) is 19.9. The molecule has 0 aliphatic carbocycles. The van der Waals surface area contributed by atoms with Crippen molar-refractivity contribution in [2.75, 3.05) is 38.4 Å². The van der Waals surface area contributed by atoms with Crippen molar-refractivity contribution in [1.29, 1.82) is 0 Å². The zero-order chi connectivity index (χ0) is 16.8. The van der Waals surface area contributed by atoms with Crippen molar-refractivity contribution in [2.24, 2.45) is 0 Å². The summed E-state index contributed by atoms with van der Waals surface area (Å²) in [5, 5.41) is 4.34. The Kier molecular flexibility index (Phi) is 5.35. The van der Waals surface area contributed by atoms with Crippen LogP contribution in [0.15, 0.2) is 42.9 Å². The molecular weight excluding hydrogens is 308 g/mol. The summed E-state index contributed by atoms with van der Waals surface area (Å²) < 4.78 is 10.2. The summed E-state index contributed by atoms with van der Waals surface area (Å²) >= 11 is 0. The van der Waals surface area contributed by atoms with Gasteiger partial charge in [-0.2, -0.15) is 0 Å². The van der Waals surface area contributed by atoms with E-state index in [1.54, 1.807) is 24.7 Å². The maximum Gasteiger partial charge on any atom is 0.337 e. The van der Waals surface area contributed by atoms with Crippen molar-refractivity contribution in [3.8, 4) is 0 Å². The van der Waals surface area contributed by atoms with Gasteiger partial charge in [0.05, 0.1) is 32.4 Å². The van der Waals surface area contributed by atoms with E-state index >= 15 is 0 Å². The SMILES string of the molecule is COC(=O)c1ccc(CN(c2ccncn2)N2CCOCC2)cc1. The van der Waals surface area contributed by atoms with E-state index in [9.17, 15) is 4.79 Å². The van der Waals surface area contributed by atoms with Gasteiger partial charge in [-0.15, -0.1) is 0 Å². The molecule has 0 saturated carbocycles. The van der Waals surface area contributed by atoms with E-state index < -0.39 is 0 Å². The number of benzene rings is 1. The lowest BCUT2D eigenvalue weighted by Gasteiger charge is -2.38. The van der Waals surface area contributed by atoms with Crippen LogP contribution in [-0.4, -0.2) is 54.4 Å². The number of morpholine rings is 1. The first-order chi connectivity index (χ1) is 11.8. The zero-order valence-electron chi connectivity index (χ0n) is 13.6. The molecule has 1 aliphatic heterocycles. The van der Waals surface area contributed by atoms with Crippen LogP contribution in [0.1, 0.15) is 15.9 Å². The van der Waals surface area contributed by atoms with Crippen LogP contribution in [0.2, 0.25) is 0 Å². The number of rotatable bonds is 5. The van der Waals surface area contributed by atoms with Crippen LogP contribution in [0.5, 0.6) is 0 Å². The van der Waals surface area contributed by atoms with Gasteiger partial charge in [0, 0.05) is 25.4 Å². The van der Waals surface area contributed by atoms with Crippen molar-refractivity contribution in [1.82, 2.24) is 15.0 Å². The Labute approximate surface area is 140 Å². The smallest absolute Gasteiger partial charge is 0.337 e. The van der Waals surface area contributed by atoms with Crippen LogP contribution in [0.3, 0.4) is 0 Å². The Hall–Kier alpha value is -2.51. The predicted octanol–water partition coefficient (Wildman–Crippen LogP) is 1.52. The summed E-state index contributed by atoms with van der Waals surface area (Å²) in [6.45, 7) is 3.67. The fourth-order valence-electron chi connectivity index (χ4n) is 2.59. The number of hydrogen-bond acceptors (Lipinski definition) is 7. The summed E-state index contributed by atoms with van der Waals surface area (Å²) in [5.41, 5.74) is 1.62. The van der Waals surface area contributed by atoms with Gasteiger partial charge in [-0.1, -0.05) is 12.1 Å². The van der Waals surface area contributed by atoms with E-state index in [1.165, 1.54) is 7.11 Å². The highest BCUT2D eigenvalue weighted by molar-refractivity contribution is 5.89. The molecule has 7 heteroatoms. The molecule has 0 spiro atoms. The van der Waals surface area contributed by atoms with Crippen molar-refractivity contribution >= 4 is 11.8 Å². The van der Waals surface area contributed by atoms with Gasteiger partial charge in [0.15, 0.2) is 0 Å². The molecular formula is C17H20N4O3. The van der Waals surface area contributed by atoms with Gasteiger partial charge >= 0.3 is 5.97 Å². The van der Waals surface area contributed by atoms with E-state index in [1.807, 2.05) is 18.2 Å². The number of methoxy groups -OCH3 is 1. The maximum atomic E-state index is 11.5. The number of esters is 1. The Morgan fingerprint density at radius 3 is 2.62 bits per heavy atom. The third-order valence-electron chi connectivity index (χ3n) is 3.87. The Morgan fingerprint density at radius 1 is 1.25 bits per heavy atom. The number of hydrogen-bond donors (Lipinski definition) is 0. The normalized spacial score (nSPS) is 15.0. The highest BCUT2D eigenvalue weighted by Crippen LogP contribution is 2.18. The van der Waals surface area contributed by atoms with Gasteiger partial charge in [-0.05, 0) is 17.7 Å². The quantitative estimate of drug-likeness (QED) is 0.771. The summed E-state index contributed by atoms with van der Waals surface area (Å²) in [7, 11) is 1.38. The molecule has 1 aliphatic rings. The molecule has 3 rings (SSSR count). The van der Waals surface area contributed by atoms with E-state index in [0.717, 1.165) is 24.5 Å². The molecule has 0 N–H and O–H groups in total. The first kappa shape index (κ1) is 16.4. The van der Waals surface area contributed by atoms with Gasteiger partial charge in [-0.3, -0.25) is 5.01 Å². The molecule has 24 heavy (non-hydrogen) atoms. The Morgan fingerprint density at radius 2 is 2.00 bits per heavy atom. The highest BCUT2D eigenvalue weighted by atomic mass is 16.5. The van der Waals surface area contributed by atoms with Gasteiger partial charge < -0.3 is 9.47 Å². The predicted molar refractivity (Wildman–Crippen MR) is 88.4 cm³/mol. The fraction of sp³-hybridized carbons (Fsp3) is 0.353. The molecule has 126 valence electrons. The number of carbonyl (C=O) groups is 1. The molecule has 1 fully saturated rings. The zero-order valence-corrected chi connectivity index (χ0v) is 13.6. The number of hydrazine groups is 1. The van der Waals surface area contributed by atoms with E-state index in [-0.39, 0.29) is 5.97 Å². The molecule has 1 aromatic carbocycles. The number of carbonyl (C=O) groups excluding carboxylic acids is 1. The van der Waals surface area contributed by atoms with Gasteiger partial charge in [0.2, 0.25) is 0 Å². The average molecular weight is 328 g/mol. The largest absolute Gasteiger partial charge is 0.465 e. The maximum absolute atomic E-state index is 11.5. The number of nitrogens with zero attached hydrogens (tertiary/aromatic N) is 4. The Bertz CT molecular complexity index is 657. The van der Waals surface area contributed by atoms with Crippen LogP contribution in [-0.2, 0) is 16.0 Å². The standard InChI is InChI=1S/C17H20N4O3/c1-23-17(22)15-4-2-14(3-5-15)12-21(16-6-7-18-13-19-16)20-8-10-24-11-9-20/h2-7,13H,8-12H2,1H3. The van der Waals surface area contributed by atoms with Crippen LogP contribution < -0.4 is 5.01 Å². The number of anilines is 1. The number of ether oxygens (including phenoxy) is 2. The van der Waals surface area contributed by atoms with Crippen LogP contribution in [0, 0.1) is 0 Å². The molecule has 1 aromatic heterocycles. The average Bonchev–Trinajstić information content (AvgIpc) is 2.67. The molecule has 0 unspecified atom stereocenters. The summed E-state index contributed by atoms with van der Waals surface area (Å²) in [6, 6.07) is 9.30. The second-order valence-corrected chi connectivity index (χ2v) is 5.38. The molecule has 0 amide bonds. The Balaban J connectivity index is 1.79. The lowest BCUT2D eigenvalue weighted by molar-refractivity contribution is 0.0302. The lowest BCUT2D eigenvalue weighted by atomic mass is 10.1. The second kappa shape index (κ2) is 7.85. The van der Waals surface area contributed by atoms with Crippen LogP contribution in [0.25, 0.3) is 0 Å². The third-order valence-corrected chi connectivity index (χ3v) is 3.87. The molecule has 0 radical (unpaired) electrons. The topological polar surface area (TPSA) is 67.8 Å². The van der Waals surface area contributed by atoms with Gasteiger partial charge in [0.25, 0.3) is 0 Å².